The lowest BCUT2D eigenvalue weighted by atomic mass is 9.80. The molecule has 2 aromatic rings. The summed E-state index contributed by atoms with van der Waals surface area (Å²) in [6.07, 6.45) is 2.37. The van der Waals surface area contributed by atoms with Crippen molar-refractivity contribution in [1.29, 1.82) is 0 Å². The van der Waals surface area contributed by atoms with Crippen LogP contribution in [0.5, 0.6) is 5.75 Å². The number of methoxy groups -OCH3 is 1. The van der Waals surface area contributed by atoms with E-state index in [4.69, 9.17) is 10.5 Å². The topological polar surface area (TPSA) is 56.3 Å². The minimum absolute atomic E-state index is 0.275. The molecule has 1 aliphatic rings. The number of nitrogens with two attached hydrogens (primary N) is 1. The molecule has 5 heteroatoms. The summed E-state index contributed by atoms with van der Waals surface area (Å²) < 4.78 is 7.47. The van der Waals surface area contributed by atoms with Crippen molar-refractivity contribution < 1.29 is 4.74 Å². The number of nitrogen functional groups attached to an aromatic ring is 1. The second-order valence-electron chi connectivity index (χ2n) is 6.52. The van der Waals surface area contributed by atoms with Crippen molar-refractivity contribution in [3.63, 3.8) is 0 Å². The van der Waals surface area contributed by atoms with E-state index in [1.54, 1.807) is 7.11 Å². The van der Waals surface area contributed by atoms with Crippen LogP contribution in [0, 0.1) is 5.41 Å². The Morgan fingerprint density at radius 3 is 2.71 bits per heavy atom. The maximum atomic E-state index is 6.15. The van der Waals surface area contributed by atoms with Crippen LogP contribution in [0.2, 0.25) is 0 Å². The molecule has 0 unspecified atom stereocenters. The van der Waals surface area contributed by atoms with Gasteiger partial charge in [-0.1, -0.05) is 6.92 Å². The Labute approximate surface area is 125 Å². The number of rotatable bonds is 3. The van der Waals surface area contributed by atoms with E-state index >= 15 is 0 Å². The highest BCUT2D eigenvalue weighted by molar-refractivity contribution is 5.79. The molecule has 114 valence electrons. The molecule has 1 aromatic carbocycles. The number of anilines is 1. The monoisotopic (exact) mass is 288 g/mol. The second-order valence-corrected chi connectivity index (χ2v) is 6.52. The predicted octanol–water partition coefficient (Wildman–Crippen LogP) is 2.36. The standard InChI is InChI=1S/C16H24N4O/c1-16(6-8-19(2)9-7-16)11-20-14-10-12(21-3)4-5-13(14)18-15(20)17/h4-5,10H,6-9,11H2,1-3H3,(H2,17,18). The van der Waals surface area contributed by atoms with Gasteiger partial charge in [0.1, 0.15) is 5.75 Å². The summed E-state index contributed by atoms with van der Waals surface area (Å²) in [6, 6.07) is 5.92. The number of imidazole rings is 1. The Kier molecular flexibility index (Phi) is 3.53. The number of nitrogens with zero attached hydrogens (tertiary/aromatic N) is 3. The molecule has 1 saturated heterocycles. The first-order chi connectivity index (χ1) is 10.0. The number of hydrogen-bond acceptors (Lipinski definition) is 4. The predicted molar refractivity (Wildman–Crippen MR) is 85.5 cm³/mol. The van der Waals surface area contributed by atoms with Crippen LogP contribution in [0.4, 0.5) is 5.95 Å². The molecule has 2 heterocycles. The first-order valence-electron chi connectivity index (χ1n) is 7.49. The number of piperidine rings is 1. The first-order valence-corrected chi connectivity index (χ1v) is 7.49. The summed E-state index contributed by atoms with van der Waals surface area (Å²) in [7, 11) is 3.87. The Balaban J connectivity index is 1.94. The molecule has 2 N–H and O–H groups in total. The Hall–Kier alpha value is -1.75. The van der Waals surface area contributed by atoms with Gasteiger partial charge in [0.25, 0.3) is 0 Å². The van der Waals surface area contributed by atoms with Crippen molar-refractivity contribution in [2.24, 2.45) is 5.41 Å². The van der Waals surface area contributed by atoms with Crippen molar-refractivity contribution in [1.82, 2.24) is 14.5 Å². The van der Waals surface area contributed by atoms with Crippen molar-refractivity contribution in [3.8, 4) is 5.75 Å². The minimum Gasteiger partial charge on any atom is -0.497 e. The summed E-state index contributed by atoms with van der Waals surface area (Å²) in [5, 5.41) is 0. The van der Waals surface area contributed by atoms with E-state index in [9.17, 15) is 0 Å². The average molecular weight is 288 g/mol. The number of likely N-dealkylation sites (tertiary alicyclic amines) is 1. The number of ether oxygens (including phenoxy) is 1. The molecule has 0 aliphatic carbocycles. The third-order valence-corrected chi connectivity index (χ3v) is 4.72. The zero-order valence-corrected chi connectivity index (χ0v) is 13.1. The van der Waals surface area contributed by atoms with Gasteiger partial charge in [0.15, 0.2) is 0 Å². The summed E-state index contributed by atoms with van der Waals surface area (Å²) >= 11 is 0. The smallest absolute Gasteiger partial charge is 0.201 e. The van der Waals surface area contributed by atoms with Crippen LogP contribution in [0.3, 0.4) is 0 Å². The normalized spacial score (nSPS) is 19.0. The van der Waals surface area contributed by atoms with Crippen LogP contribution in [-0.4, -0.2) is 41.7 Å². The quantitative estimate of drug-likeness (QED) is 0.942. The fraction of sp³-hybridized carbons (Fsp3) is 0.562. The molecule has 3 rings (SSSR count). The molecule has 0 radical (unpaired) electrons. The second kappa shape index (κ2) is 5.22. The molecular formula is C16H24N4O. The summed E-state index contributed by atoms with van der Waals surface area (Å²) in [5.41, 5.74) is 8.42. The molecule has 0 spiro atoms. The van der Waals surface area contributed by atoms with Crippen molar-refractivity contribution in [2.45, 2.75) is 26.3 Å². The number of hydrogen-bond donors (Lipinski definition) is 1. The number of aromatic nitrogens is 2. The lowest BCUT2D eigenvalue weighted by Crippen LogP contribution is -2.38. The highest BCUT2D eigenvalue weighted by atomic mass is 16.5. The lowest BCUT2D eigenvalue weighted by molar-refractivity contribution is 0.122. The van der Waals surface area contributed by atoms with Crippen molar-refractivity contribution in [2.75, 3.05) is 33.0 Å². The van der Waals surface area contributed by atoms with Gasteiger partial charge in [0.2, 0.25) is 5.95 Å². The molecule has 0 atom stereocenters. The van der Waals surface area contributed by atoms with Gasteiger partial charge in [0, 0.05) is 12.6 Å². The average Bonchev–Trinajstić information content (AvgIpc) is 2.78. The third-order valence-electron chi connectivity index (χ3n) is 4.72. The molecule has 5 nitrogen and oxygen atoms in total. The highest BCUT2D eigenvalue weighted by Crippen LogP contribution is 2.35. The SMILES string of the molecule is COc1ccc2nc(N)n(CC3(C)CCN(C)CC3)c2c1. The first kappa shape index (κ1) is 14.2. The largest absolute Gasteiger partial charge is 0.497 e. The van der Waals surface area contributed by atoms with E-state index in [1.165, 1.54) is 12.8 Å². The van der Waals surface area contributed by atoms with Crippen molar-refractivity contribution in [3.05, 3.63) is 18.2 Å². The third kappa shape index (κ3) is 2.70. The summed E-state index contributed by atoms with van der Waals surface area (Å²) in [6.45, 7) is 5.56. The van der Waals surface area contributed by atoms with E-state index in [-0.39, 0.29) is 5.41 Å². The Bertz CT molecular complexity index is 641. The molecular weight excluding hydrogens is 264 g/mol. The zero-order chi connectivity index (χ0) is 15.0. The van der Waals surface area contributed by atoms with E-state index < -0.39 is 0 Å². The molecule has 1 aromatic heterocycles. The summed E-state index contributed by atoms with van der Waals surface area (Å²) in [5.74, 6) is 1.44. The molecule has 0 bridgehead atoms. The van der Waals surface area contributed by atoms with Crippen LogP contribution in [0.15, 0.2) is 18.2 Å². The Morgan fingerprint density at radius 2 is 2.05 bits per heavy atom. The Morgan fingerprint density at radius 1 is 1.33 bits per heavy atom. The molecule has 21 heavy (non-hydrogen) atoms. The maximum Gasteiger partial charge on any atom is 0.201 e. The molecule has 1 aliphatic heterocycles. The van der Waals surface area contributed by atoms with Gasteiger partial charge < -0.3 is 19.9 Å². The van der Waals surface area contributed by atoms with Gasteiger partial charge in [-0.05, 0) is 50.5 Å². The molecule has 0 saturated carbocycles. The summed E-state index contributed by atoms with van der Waals surface area (Å²) in [4.78, 5) is 6.86. The fourth-order valence-electron chi connectivity index (χ4n) is 3.11. The molecule has 1 fully saturated rings. The van der Waals surface area contributed by atoms with Gasteiger partial charge >= 0.3 is 0 Å². The lowest BCUT2D eigenvalue weighted by Gasteiger charge is -2.38. The van der Waals surface area contributed by atoms with Crippen LogP contribution >= 0.6 is 0 Å². The number of fused-ring (bicyclic) bond motifs is 1. The van der Waals surface area contributed by atoms with E-state index in [0.29, 0.717) is 5.95 Å². The minimum atomic E-state index is 0.275. The van der Waals surface area contributed by atoms with E-state index in [0.717, 1.165) is 36.4 Å². The van der Waals surface area contributed by atoms with Gasteiger partial charge in [-0.3, -0.25) is 0 Å². The zero-order valence-electron chi connectivity index (χ0n) is 13.1. The number of benzene rings is 1. The van der Waals surface area contributed by atoms with Gasteiger partial charge in [-0.15, -0.1) is 0 Å². The van der Waals surface area contributed by atoms with Gasteiger partial charge in [0.05, 0.1) is 18.1 Å². The van der Waals surface area contributed by atoms with Crippen LogP contribution in [-0.2, 0) is 6.54 Å². The molecule has 0 amide bonds. The van der Waals surface area contributed by atoms with Gasteiger partial charge in [-0.25, -0.2) is 4.98 Å². The van der Waals surface area contributed by atoms with Crippen molar-refractivity contribution >= 4 is 17.0 Å². The van der Waals surface area contributed by atoms with Gasteiger partial charge in [-0.2, -0.15) is 0 Å². The highest BCUT2D eigenvalue weighted by Gasteiger charge is 2.30. The van der Waals surface area contributed by atoms with E-state index in [1.807, 2.05) is 18.2 Å². The van der Waals surface area contributed by atoms with Crippen LogP contribution < -0.4 is 10.5 Å². The fourth-order valence-corrected chi connectivity index (χ4v) is 3.11. The maximum absolute atomic E-state index is 6.15. The van der Waals surface area contributed by atoms with Crippen LogP contribution in [0.25, 0.3) is 11.0 Å². The van der Waals surface area contributed by atoms with Crippen LogP contribution in [0.1, 0.15) is 19.8 Å². The van der Waals surface area contributed by atoms with E-state index in [2.05, 4.69) is 28.4 Å².